The lowest BCUT2D eigenvalue weighted by Crippen LogP contribution is -2.50. The van der Waals surface area contributed by atoms with Gasteiger partial charge in [-0.3, -0.25) is 14.5 Å². The van der Waals surface area contributed by atoms with E-state index in [-0.39, 0.29) is 24.0 Å². The van der Waals surface area contributed by atoms with Crippen molar-refractivity contribution < 1.29 is 19.4 Å². The maximum atomic E-state index is 13.2. The lowest BCUT2D eigenvalue weighted by Gasteiger charge is -2.41. The van der Waals surface area contributed by atoms with Gasteiger partial charge in [-0.05, 0) is 86.6 Å². The number of piperidine rings is 1. The van der Waals surface area contributed by atoms with Gasteiger partial charge in [0.05, 0.1) is 12.7 Å². The number of carbonyl (C=O) groups excluding carboxylic acids is 2. The van der Waals surface area contributed by atoms with Crippen LogP contribution in [0.25, 0.3) is 0 Å². The molecule has 1 atom stereocenters. The zero-order chi connectivity index (χ0) is 31.0. The van der Waals surface area contributed by atoms with Crippen LogP contribution in [0.15, 0.2) is 78.9 Å². The fourth-order valence-corrected chi connectivity index (χ4v) is 6.95. The second-order valence-electron chi connectivity index (χ2n) is 12.6. The summed E-state index contributed by atoms with van der Waals surface area (Å²) in [6, 6.07) is 26.3. The van der Waals surface area contributed by atoms with Crippen LogP contribution in [0.2, 0.25) is 0 Å². The number of aryl methyl sites for hydroxylation is 1. The number of benzene rings is 3. The minimum Gasteiger partial charge on any atom is -0.494 e. The van der Waals surface area contributed by atoms with E-state index in [2.05, 4.69) is 40.1 Å². The third-order valence-corrected chi connectivity index (χ3v) is 9.51. The number of carbonyl (C=O) groups is 2. The van der Waals surface area contributed by atoms with E-state index in [4.69, 9.17) is 4.74 Å². The average molecular weight is 611 g/mol. The number of para-hydroxylation sites is 2. The number of ether oxygens (including phenoxy) is 1. The molecule has 0 bridgehead atoms. The molecule has 3 aliphatic heterocycles. The van der Waals surface area contributed by atoms with Crippen molar-refractivity contribution in [3.05, 3.63) is 90.0 Å². The second-order valence-corrected chi connectivity index (χ2v) is 12.6. The minimum atomic E-state index is -0.320. The van der Waals surface area contributed by atoms with Crippen LogP contribution in [0.1, 0.15) is 54.4 Å². The Balaban J connectivity index is 0.870. The van der Waals surface area contributed by atoms with Crippen LogP contribution < -0.4 is 14.5 Å². The molecule has 3 aromatic carbocycles. The summed E-state index contributed by atoms with van der Waals surface area (Å²) in [6.45, 7) is 6.52. The van der Waals surface area contributed by atoms with Crippen LogP contribution in [-0.4, -0.2) is 91.3 Å². The first-order chi connectivity index (χ1) is 22.0. The molecule has 3 aliphatic rings. The van der Waals surface area contributed by atoms with Crippen molar-refractivity contribution in [2.45, 2.75) is 57.1 Å². The Hall–Kier alpha value is -3.88. The summed E-state index contributed by atoms with van der Waals surface area (Å²) in [5.41, 5.74) is 4.21. The highest BCUT2D eigenvalue weighted by Crippen LogP contribution is 2.32. The molecule has 0 aliphatic carbocycles. The standard InChI is InChI=1S/C37H46N4O4/c42-33(28-38-23-25-39(26-24-38)31-9-2-1-3-10-31)11-6-7-27-45-34-16-13-30(14-17-34)37(44)40-21-19-32(20-22-40)41-35-12-5-4-8-29(35)15-18-36(41)43/h1-5,8-10,12-14,16-17,32-33,42H,6-7,11,15,18-28H2. The monoisotopic (exact) mass is 610 g/mol. The van der Waals surface area contributed by atoms with Crippen LogP contribution in [0.5, 0.6) is 5.75 Å². The number of nitrogens with zero attached hydrogens (tertiary/aromatic N) is 4. The summed E-state index contributed by atoms with van der Waals surface area (Å²) in [5.74, 6) is 0.976. The highest BCUT2D eigenvalue weighted by atomic mass is 16.5. The molecule has 8 heteroatoms. The Morgan fingerprint density at radius 1 is 0.822 bits per heavy atom. The number of unbranched alkanes of at least 4 members (excludes halogenated alkanes) is 1. The van der Waals surface area contributed by atoms with Crippen molar-refractivity contribution in [3.63, 3.8) is 0 Å². The molecule has 3 aromatic rings. The number of likely N-dealkylation sites (tertiary alicyclic amines) is 1. The molecule has 0 aromatic heterocycles. The Morgan fingerprint density at radius 2 is 1.53 bits per heavy atom. The molecule has 1 unspecified atom stereocenters. The predicted octanol–water partition coefficient (Wildman–Crippen LogP) is 5.00. The number of amides is 2. The number of β-amino-alcohol motifs (C(OH)–C–C–N with tert-alkyl or cyclic N) is 1. The zero-order valence-electron chi connectivity index (χ0n) is 26.2. The van der Waals surface area contributed by atoms with Crippen molar-refractivity contribution in [2.75, 3.05) is 62.2 Å². The normalized spacial score (nSPS) is 18.5. The lowest BCUT2D eigenvalue weighted by atomic mass is 9.95. The largest absolute Gasteiger partial charge is 0.494 e. The number of fused-ring (bicyclic) bond motifs is 1. The van der Waals surface area contributed by atoms with Crippen LogP contribution in [0, 0.1) is 0 Å². The third-order valence-electron chi connectivity index (χ3n) is 9.51. The summed E-state index contributed by atoms with van der Waals surface area (Å²) < 4.78 is 5.93. The Kier molecular flexibility index (Phi) is 10.3. The first-order valence-electron chi connectivity index (χ1n) is 16.7. The molecule has 45 heavy (non-hydrogen) atoms. The van der Waals surface area contributed by atoms with Gasteiger partial charge >= 0.3 is 0 Å². The molecule has 2 fully saturated rings. The van der Waals surface area contributed by atoms with Crippen LogP contribution in [0.3, 0.4) is 0 Å². The van der Waals surface area contributed by atoms with E-state index < -0.39 is 0 Å². The summed E-state index contributed by atoms with van der Waals surface area (Å²) in [7, 11) is 0. The molecule has 0 spiro atoms. The van der Waals surface area contributed by atoms with Crippen molar-refractivity contribution >= 4 is 23.2 Å². The maximum Gasteiger partial charge on any atom is 0.253 e. The average Bonchev–Trinajstić information content (AvgIpc) is 3.09. The fraction of sp³-hybridized carbons (Fsp3) is 0.459. The molecule has 0 saturated carbocycles. The Bertz CT molecular complexity index is 1400. The van der Waals surface area contributed by atoms with Gasteiger partial charge in [-0.25, -0.2) is 0 Å². The van der Waals surface area contributed by atoms with Crippen molar-refractivity contribution in [1.82, 2.24) is 9.80 Å². The van der Waals surface area contributed by atoms with Crippen LogP contribution >= 0.6 is 0 Å². The summed E-state index contributed by atoms with van der Waals surface area (Å²) in [5, 5.41) is 10.6. The van der Waals surface area contributed by atoms with E-state index in [0.29, 0.717) is 31.7 Å². The molecular formula is C37H46N4O4. The molecule has 6 rings (SSSR count). The molecule has 2 amide bonds. The molecule has 238 valence electrons. The topological polar surface area (TPSA) is 76.6 Å². The highest BCUT2D eigenvalue weighted by molar-refractivity contribution is 5.97. The Morgan fingerprint density at radius 3 is 2.29 bits per heavy atom. The molecule has 3 heterocycles. The number of anilines is 2. The number of hydrogen-bond donors (Lipinski definition) is 1. The van der Waals surface area contributed by atoms with E-state index in [1.54, 1.807) is 0 Å². The van der Waals surface area contributed by atoms with Gasteiger partial charge in [0.1, 0.15) is 5.75 Å². The van der Waals surface area contributed by atoms with Crippen molar-refractivity contribution in [3.8, 4) is 5.75 Å². The summed E-state index contributed by atoms with van der Waals surface area (Å²) >= 11 is 0. The van der Waals surface area contributed by atoms with Gasteiger partial charge in [0.25, 0.3) is 5.91 Å². The van der Waals surface area contributed by atoms with Crippen LogP contribution in [0.4, 0.5) is 11.4 Å². The van der Waals surface area contributed by atoms with E-state index in [1.165, 1.54) is 11.3 Å². The van der Waals surface area contributed by atoms with Gasteiger partial charge in [0, 0.05) is 75.2 Å². The number of aliphatic hydroxyl groups is 1. The zero-order valence-corrected chi connectivity index (χ0v) is 26.2. The van der Waals surface area contributed by atoms with E-state index in [1.807, 2.05) is 58.3 Å². The fourth-order valence-electron chi connectivity index (χ4n) is 6.95. The number of aliphatic hydroxyl groups excluding tert-OH is 1. The van der Waals surface area contributed by atoms with Gasteiger partial charge in [-0.1, -0.05) is 36.4 Å². The van der Waals surface area contributed by atoms with Gasteiger partial charge in [0.2, 0.25) is 5.91 Å². The number of piperazine rings is 1. The molecular weight excluding hydrogens is 564 g/mol. The molecule has 0 radical (unpaired) electrons. The minimum absolute atomic E-state index is 0.0286. The first kappa shape index (κ1) is 31.1. The van der Waals surface area contributed by atoms with E-state index in [9.17, 15) is 14.7 Å². The first-order valence-corrected chi connectivity index (χ1v) is 16.7. The smallest absolute Gasteiger partial charge is 0.253 e. The van der Waals surface area contributed by atoms with Gasteiger partial charge in [-0.2, -0.15) is 0 Å². The molecule has 1 N–H and O–H groups in total. The molecule has 8 nitrogen and oxygen atoms in total. The predicted molar refractivity (Wildman–Crippen MR) is 178 cm³/mol. The van der Waals surface area contributed by atoms with Crippen molar-refractivity contribution in [1.29, 1.82) is 0 Å². The molecule has 2 saturated heterocycles. The van der Waals surface area contributed by atoms with Crippen molar-refractivity contribution in [2.24, 2.45) is 0 Å². The van der Waals surface area contributed by atoms with E-state index in [0.717, 1.165) is 82.7 Å². The Labute approximate surface area is 267 Å². The SMILES string of the molecule is O=C(c1ccc(OCCCCC(O)CN2CCN(c3ccccc3)CC2)cc1)N1CCC(N2C(=O)CCc3ccccc32)CC1. The summed E-state index contributed by atoms with van der Waals surface area (Å²) in [4.78, 5) is 34.7. The third kappa shape index (κ3) is 7.86. The van der Waals surface area contributed by atoms with Gasteiger partial charge in [0.15, 0.2) is 0 Å². The van der Waals surface area contributed by atoms with Gasteiger partial charge < -0.3 is 24.5 Å². The quantitative estimate of drug-likeness (QED) is 0.308. The second kappa shape index (κ2) is 14.9. The lowest BCUT2D eigenvalue weighted by molar-refractivity contribution is -0.119. The number of rotatable bonds is 11. The highest BCUT2D eigenvalue weighted by Gasteiger charge is 2.33. The van der Waals surface area contributed by atoms with E-state index >= 15 is 0 Å². The van der Waals surface area contributed by atoms with Gasteiger partial charge in [-0.15, -0.1) is 0 Å². The summed E-state index contributed by atoms with van der Waals surface area (Å²) in [6.07, 6.45) is 5.16. The number of hydrogen-bond acceptors (Lipinski definition) is 6. The van der Waals surface area contributed by atoms with Crippen LogP contribution in [-0.2, 0) is 11.2 Å². The maximum absolute atomic E-state index is 13.2.